The summed E-state index contributed by atoms with van der Waals surface area (Å²) in [6.45, 7) is 5.81. The molecule has 0 saturated carbocycles. The van der Waals surface area contributed by atoms with Crippen molar-refractivity contribution in [2.75, 3.05) is 0 Å². The Hall–Kier alpha value is -2.13. The average molecular weight is 254 g/mol. The van der Waals surface area contributed by atoms with Crippen LogP contribution in [0, 0.1) is 5.92 Å². The van der Waals surface area contributed by atoms with Gasteiger partial charge < -0.3 is 10.4 Å². The lowest BCUT2D eigenvalue weighted by atomic mass is 9.89. The number of rotatable bonds is 4. The SMILES string of the molecule is C=CC1C=C(/C=C\C)NC=C1C(O)c1ccncc1. The summed E-state index contributed by atoms with van der Waals surface area (Å²) in [4.78, 5) is 3.96. The molecule has 1 aromatic rings. The average Bonchev–Trinajstić information content (AvgIpc) is 2.47. The second-order valence-electron chi connectivity index (χ2n) is 4.36. The van der Waals surface area contributed by atoms with E-state index >= 15 is 0 Å². The summed E-state index contributed by atoms with van der Waals surface area (Å²) in [6, 6.07) is 3.63. The van der Waals surface area contributed by atoms with Gasteiger partial charge in [-0.2, -0.15) is 0 Å². The number of allylic oxidation sites excluding steroid dienone is 4. The van der Waals surface area contributed by atoms with Crippen LogP contribution >= 0.6 is 0 Å². The van der Waals surface area contributed by atoms with Crippen molar-refractivity contribution < 1.29 is 5.11 Å². The van der Waals surface area contributed by atoms with Crippen molar-refractivity contribution in [3.8, 4) is 0 Å². The van der Waals surface area contributed by atoms with Crippen molar-refractivity contribution in [3.63, 3.8) is 0 Å². The number of aliphatic hydroxyl groups is 1. The monoisotopic (exact) mass is 254 g/mol. The molecule has 0 saturated heterocycles. The van der Waals surface area contributed by atoms with E-state index in [-0.39, 0.29) is 5.92 Å². The van der Waals surface area contributed by atoms with E-state index in [9.17, 15) is 5.11 Å². The van der Waals surface area contributed by atoms with Gasteiger partial charge in [0.25, 0.3) is 0 Å². The fraction of sp³-hybridized carbons (Fsp3) is 0.188. The van der Waals surface area contributed by atoms with Crippen LogP contribution < -0.4 is 5.32 Å². The number of hydrogen-bond donors (Lipinski definition) is 2. The topological polar surface area (TPSA) is 45.1 Å². The molecule has 2 unspecified atom stereocenters. The molecular formula is C16H18N2O. The first-order valence-electron chi connectivity index (χ1n) is 6.27. The van der Waals surface area contributed by atoms with Gasteiger partial charge in [0.1, 0.15) is 6.10 Å². The van der Waals surface area contributed by atoms with Gasteiger partial charge in [0.2, 0.25) is 0 Å². The van der Waals surface area contributed by atoms with Gasteiger partial charge in [-0.15, -0.1) is 6.58 Å². The summed E-state index contributed by atoms with van der Waals surface area (Å²) in [5, 5.41) is 13.6. The first-order chi connectivity index (χ1) is 9.26. The second-order valence-corrected chi connectivity index (χ2v) is 4.36. The van der Waals surface area contributed by atoms with Gasteiger partial charge in [-0.3, -0.25) is 4.98 Å². The highest BCUT2D eigenvalue weighted by Crippen LogP contribution is 2.31. The van der Waals surface area contributed by atoms with E-state index in [2.05, 4.69) is 16.9 Å². The molecule has 3 heteroatoms. The third-order valence-electron chi connectivity index (χ3n) is 3.09. The van der Waals surface area contributed by atoms with E-state index in [1.807, 2.05) is 49.6 Å². The van der Waals surface area contributed by atoms with E-state index in [1.54, 1.807) is 12.4 Å². The molecule has 2 heterocycles. The molecule has 2 N–H and O–H groups in total. The minimum Gasteiger partial charge on any atom is -0.384 e. The summed E-state index contributed by atoms with van der Waals surface area (Å²) in [7, 11) is 0. The van der Waals surface area contributed by atoms with E-state index in [4.69, 9.17) is 0 Å². The van der Waals surface area contributed by atoms with E-state index in [0.717, 1.165) is 16.8 Å². The Morgan fingerprint density at radius 1 is 1.42 bits per heavy atom. The predicted octanol–water partition coefficient (Wildman–Crippen LogP) is 2.86. The Balaban J connectivity index is 2.24. The van der Waals surface area contributed by atoms with Crippen LogP contribution in [0.15, 0.2) is 72.9 Å². The van der Waals surface area contributed by atoms with Crippen LogP contribution in [0.5, 0.6) is 0 Å². The maximum atomic E-state index is 10.4. The highest BCUT2D eigenvalue weighted by molar-refractivity contribution is 5.37. The zero-order valence-electron chi connectivity index (χ0n) is 11.0. The summed E-state index contributed by atoms with van der Waals surface area (Å²) >= 11 is 0. The van der Waals surface area contributed by atoms with E-state index in [0.29, 0.717) is 0 Å². The number of pyridine rings is 1. The van der Waals surface area contributed by atoms with Gasteiger partial charge in [-0.1, -0.05) is 12.2 Å². The number of nitrogens with one attached hydrogen (secondary N) is 1. The van der Waals surface area contributed by atoms with Crippen molar-refractivity contribution in [2.24, 2.45) is 5.92 Å². The van der Waals surface area contributed by atoms with Crippen LogP contribution in [0.25, 0.3) is 0 Å². The molecule has 0 aliphatic carbocycles. The zero-order chi connectivity index (χ0) is 13.7. The minimum absolute atomic E-state index is 0.0237. The molecule has 3 nitrogen and oxygen atoms in total. The Morgan fingerprint density at radius 3 is 2.79 bits per heavy atom. The summed E-state index contributed by atoms with van der Waals surface area (Å²) in [5.41, 5.74) is 2.73. The van der Waals surface area contributed by atoms with Gasteiger partial charge in [0, 0.05) is 30.2 Å². The Kier molecular flexibility index (Phi) is 4.31. The highest BCUT2D eigenvalue weighted by atomic mass is 16.3. The molecule has 0 aromatic carbocycles. The number of aromatic nitrogens is 1. The molecule has 2 atom stereocenters. The van der Waals surface area contributed by atoms with Crippen LogP contribution in [0.1, 0.15) is 18.6 Å². The molecule has 98 valence electrons. The normalized spacial score (nSPS) is 20.4. The Morgan fingerprint density at radius 2 is 2.16 bits per heavy atom. The van der Waals surface area contributed by atoms with Gasteiger partial charge in [-0.25, -0.2) is 0 Å². The zero-order valence-corrected chi connectivity index (χ0v) is 11.0. The van der Waals surface area contributed by atoms with Gasteiger partial charge >= 0.3 is 0 Å². The number of dihydropyridines is 1. The van der Waals surface area contributed by atoms with Crippen LogP contribution in [0.3, 0.4) is 0 Å². The maximum Gasteiger partial charge on any atom is 0.103 e. The lowest BCUT2D eigenvalue weighted by Gasteiger charge is -2.24. The fourth-order valence-corrected chi connectivity index (χ4v) is 2.09. The fourth-order valence-electron chi connectivity index (χ4n) is 2.09. The molecule has 0 amide bonds. The third-order valence-corrected chi connectivity index (χ3v) is 3.09. The van der Waals surface area contributed by atoms with Crippen molar-refractivity contribution >= 4 is 0 Å². The molecule has 1 aromatic heterocycles. The first-order valence-corrected chi connectivity index (χ1v) is 6.27. The minimum atomic E-state index is -0.651. The molecular weight excluding hydrogens is 236 g/mol. The molecule has 2 rings (SSSR count). The summed E-state index contributed by atoms with van der Waals surface area (Å²) in [5.74, 6) is 0.0237. The van der Waals surface area contributed by atoms with Gasteiger partial charge in [-0.05, 0) is 42.3 Å². The quantitative estimate of drug-likeness (QED) is 0.812. The number of hydrogen-bond acceptors (Lipinski definition) is 3. The van der Waals surface area contributed by atoms with Crippen LogP contribution in [0.2, 0.25) is 0 Å². The molecule has 1 aliphatic rings. The maximum absolute atomic E-state index is 10.4. The molecule has 19 heavy (non-hydrogen) atoms. The number of nitrogens with zero attached hydrogens (tertiary/aromatic N) is 1. The summed E-state index contributed by atoms with van der Waals surface area (Å²) < 4.78 is 0. The largest absolute Gasteiger partial charge is 0.384 e. The smallest absolute Gasteiger partial charge is 0.103 e. The lowest BCUT2D eigenvalue weighted by Crippen LogP contribution is -2.19. The van der Waals surface area contributed by atoms with Crippen LogP contribution in [-0.4, -0.2) is 10.1 Å². The molecule has 0 bridgehead atoms. The second kappa shape index (κ2) is 6.16. The first kappa shape index (κ1) is 13.3. The number of aliphatic hydroxyl groups excluding tert-OH is 1. The Bertz CT molecular complexity index is 529. The van der Waals surface area contributed by atoms with Gasteiger partial charge in [0.05, 0.1) is 0 Å². The van der Waals surface area contributed by atoms with E-state index < -0.39 is 6.10 Å². The van der Waals surface area contributed by atoms with Crippen molar-refractivity contribution in [2.45, 2.75) is 13.0 Å². The van der Waals surface area contributed by atoms with Crippen LogP contribution in [-0.2, 0) is 0 Å². The summed E-state index contributed by atoms with van der Waals surface area (Å²) in [6.07, 6.45) is 12.4. The highest BCUT2D eigenvalue weighted by Gasteiger charge is 2.21. The molecule has 0 spiro atoms. The molecule has 0 radical (unpaired) electrons. The lowest BCUT2D eigenvalue weighted by molar-refractivity contribution is 0.207. The standard InChI is InChI=1S/C16H18N2O/c1-3-5-14-10-12(4-2)15(11-18-14)16(19)13-6-8-17-9-7-13/h3-12,16,18-19H,2H2,1H3/b5-3-. The van der Waals surface area contributed by atoms with Crippen LogP contribution in [0.4, 0.5) is 0 Å². The van der Waals surface area contributed by atoms with Crippen molar-refractivity contribution in [1.82, 2.24) is 10.3 Å². The van der Waals surface area contributed by atoms with Gasteiger partial charge in [0.15, 0.2) is 0 Å². The third kappa shape index (κ3) is 3.01. The van der Waals surface area contributed by atoms with Crippen molar-refractivity contribution in [1.29, 1.82) is 0 Å². The van der Waals surface area contributed by atoms with Crippen molar-refractivity contribution in [3.05, 3.63) is 78.4 Å². The molecule has 0 fully saturated rings. The van der Waals surface area contributed by atoms with E-state index in [1.165, 1.54) is 0 Å². The Labute approximate surface area is 113 Å². The predicted molar refractivity (Wildman–Crippen MR) is 77.0 cm³/mol. The molecule has 1 aliphatic heterocycles.